The Labute approximate surface area is 93.6 Å². The number of rotatable bonds is 4. The van der Waals surface area contributed by atoms with Gasteiger partial charge in [-0.3, -0.25) is 4.79 Å². The molecule has 0 spiro atoms. The summed E-state index contributed by atoms with van der Waals surface area (Å²) in [6.45, 7) is 0.130. The highest BCUT2D eigenvalue weighted by Crippen LogP contribution is 2.22. The Morgan fingerprint density at radius 3 is 2.75 bits per heavy atom. The number of nitrogens with one attached hydrogen (secondary N) is 1. The van der Waals surface area contributed by atoms with E-state index in [2.05, 4.69) is 5.32 Å². The number of halogens is 1. The minimum absolute atomic E-state index is 0.130. The van der Waals surface area contributed by atoms with Crippen LogP contribution in [0.2, 0.25) is 0 Å². The zero-order valence-corrected chi connectivity index (χ0v) is 9.29. The molecule has 0 fully saturated rings. The Morgan fingerprint density at radius 2 is 2.31 bits per heavy atom. The van der Waals surface area contributed by atoms with Gasteiger partial charge in [-0.25, -0.2) is 4.39 Å². The van der Waals surface area contributed by atoms with Crippen LogP contribution in [0.3, 0.4) is 0 Å². The van der Waals surface area contributed by atoms with Crippen LogP contribution in [0.15, 0.2) is 18.2 Å². The number of benzene rings is 1. The second-order valence-corrected chi connectivity index (χ2v) is 3.30. The molecule has 1 unspecified atom stereocenters. The molecule has 0 radical (unpaired) electrons. The maximum absolute atomic E-state index is 13.4. The first kappa shape index (κ1) is 12.4. The van der Waals surface area contributed by atoms with Crippen LogP contribution in [0.4, 0.5) is 4.39 Å². The van der Waals surface area contributed by atoms with Crippen LogP contribution >= 0.6 is 0 Å². The van der Waals surface area contributed by atoms with E-state index in [4.69, 9.17) is 10.5 Å². The fourth-order valence-corrected chi connectivity index (χ4v) is 1.47. The van der Waals surface area contributed by atoms with Crippen LogP contribution < -0.4 is 15.8 Å². The van der Waals surface area contributed by atoms with Crippen molar-refractivity contribution >= 4 is 5.91 Å². The predicted octanol–water partition coefficient (Wildman–Crippen LogP) is 0.623. The van der Waals surface area contributed by atoms with Gasteiger partial charge in [0.25, 0.3) is 0 Å². The number of hydrogen-bond acceptors (Lipinski definition) is 3. The zero-order valence-electron chi connectivity index (χ0n) is 9.29. The Balaban J connectivity index is 3.03. The lowest BCUT2D eigenvalue weighted by Gasteiger charge is -2.14. The van der Waals surface area contributed by atoms with Gasteiger partial charge in [0.15, 0.2) is 11.6 Å². The summed E-state index contributed by atoms with van der Waals surface area (Å²) in [5.41, 5.74) is 6.03. The average Bonchev–Trinajstić information content (AvgIpc) is 2.30. The van der Waals surface area contributed by atoms with Gasteiger partial charge in [0.2, 0.25) is 5.91 Å². The van der Waals surface area contributed by atoms with Gasteiger partial charge in [-0.1, -0.05) is 6.07 Å². The normalized spacial score (nSPS) is 12.0. The van der Waals surface area contributed by atoms with E-state index < -0.39 is 11.7 Å². The Morgan fingerprint density at radius 1 is 1.62 bits per heavy atom. The van der Waals surface area contributed by atoms with Gasteiger partial charge in [-0.05, 0) is 17.7 Å². The van der Waals surface area contributed by atoms with Crippen molar-refractivity contribution in [2.45, 2.75) is 5.92 Å². The first-order valence-corrected chi connectivity index (χ1v) is 4.89. The first-order valence-electron chi connectivity index (χ1n) is 4.89. The molecular formula is C11H15FN2O2. The van der Waals surface area contributed by atoms with Crippen molar-refractivity contribution in [3.63, 3.8) is 0 Å². The molecule has 3 N–H and O–H groups in total. The number of amides is 1. The number of carbonyl (C=O) groups is 1. The summed E-state index contributed by atoms with van der Waals surface area (Å²) in [4.78, 5) is 11.5. The quantitative estimate of drug-likeness (QED) is 0.791. The molecule has 16 heavy (non-hydrogen) atoms. The lowest BCUT2D eigenvalue weighted by atomic mass is 9.98. The Hall–Kier alpha value is -1.62. The molecule has 4 nitrogen and oxygen atoms in total. The van der Waals surface area contributed by atoms with Crippen molar-refractivity contribution in [1.29, 1.82) is 0 Å². The van der Waals surface area contributed by atoms with E-state index in [-0.39, 0.29) is 18.2 Å². The van der Waals surface area contributed by atoms with Gasteiger partial charge in [-0.2, -0.15) is 0 Å². The Kier molecular flexibility index (Phi) is 4.25. The third kappa shape index (κ3) is 2.49. The molecule has 5 heteroatoms. The van der Waals surface area contributed by atoms with E-state index in [9.17, 15) is 9.18 Å². The Bertz CT molecular complexity index is 382. The fraction of sp³-hybridized carbons (Fsp3) is 0.364. The minimum atomic E-state index is -0.537. The molecule has 1 amide bonds. The number of carbonyl (C=O) groups excluding carboxylic acids is 1. The van der Waals surface area contributed by atoms with Crippen molar-refractivity contribution in [3.05, 3.63) is 29.6 Å². The van der Waals surface area contributed by atoms with Crippen LogP contribution in [-0.2, 0) is 4.79 Å². The highest BCUT2D eigenvalue weighted by Gasteiger charge is 2.19. The standard InChI is InChI=1S/C11H15FN2O2/c1-14-11(15)8(6-13)7-3-4-10(16-2)9(12)5-7/h3-5,8H,6,13H2,1-2H3,(H,14,15). The summed E-state index contributed by atoms with van der Waals surface area (Å²) < 4.78 is 18.2. The van der Waals surface area contributed by atoms with E-state index in [0.717, 1.165) is 0 Å². The summed E-state index contributed by atoms with van der Waals surface area (Å²) in [5, 5.41) is 2.49. The van der Waals surface area contributed by atoms with Crippen LogP contribution in [0.25, 0.3) is 0 Å². The SMILES string of the molecule is CNC(=O)C(CN)c1ccc(OC)c(F)c1. The van der Waals surface area contributed by atoms with Crippen LogP contribution in [0, 0.1) is 5.82 Å². The van der Waals surface area contributed by atoms with E-state index in [1.807, 2.05) is 0 Å². The predicted molar refractivity (Wildman–Crippen MR) is 58.8 cm³/mol. The molecule has 0 saturated carbocycles. The van der Waals surface area contributed by atoms with Gasteiger partial charge < -0.3 is 15.8 Å². The zero-order chi connectivity index (χ0) is 12.1. The molecule has 0 saturated heterocycles. The molecule has 0 aliphatic heterocycles. The van der Waals surface area contributed by atoms with Crippen LogP contribution in [0.1, 0.15) is 11.5 Å². The van der Waals surface area contributed by atoms with Gasteiger partial charge >= 0.3 is 0 Å². The summed E-state index contributed by atoms with van der Waals surface area (Å²) in [6, 6.07) is 4.39. The third-order valence-corrected chi connectivity index (χ3v) is 2.38. The third-order valence-electron chi connectivity index (χ3n) is 2.38. The van der Waals surface area contributed by atoms with Crippen molar-refractivity contribution in [2.24, 2.45) is 5.73 Å². The molecule has 1 rings (SSSR count). The molecule has 0 aliphatic carbocycles. The summed E-state index contributed by atoms with van der Waals surface area (Å²) in [5.74, 6) is -1.11. The fourth-order valence-electron chi connectivity index (χ4n) is 1.47. The summed E-state index contributed by atoms with van der Waals surface area (Å²) >= 11 is 0. The van der Waals surface area contributed by atoms with Crippen molar-refractivity contribution in [2.75, 3.05) is 20.7 Å². The molecule has 1 atom stereocenters. The monoisotopic (exact) mass is 226 g/mol. The first-order chi connectivity index (χ1) is 7.63. The molecule has 0 heterocycles. The van der Waals surface area contributed by atoms with Crippen molar-refractivity contribution in [3.8, 4) is 5.75 Å². The lowest BCUT2D eigenvalue weighted by molar-refractivity contribution is -0.121. The van der Waals surface area contributed by atoms with Crippen molar-refractivity contribution < 1.29 is 13.9 Å². The van der Waals surface area contributed by atoms with E-state index in [0.29, 0.717) is 5.56 Å². The minimum Gasteiger partial charge on any atom is -0.494 e. The molecule has 0 bridgehead atoms. The van der Waals surface area contributed by atoms with Gasteiger partial charge in [0, 0.05) is 13.6 Å². The lowest BCUT2D eigenvalue weighted by Crippen LogP contribution is -2.30. The van der Waals surface area contributed by atoms with Crippen LogP contribution in [-0.4, -0.2) is 26.6 Å². The molecular weight excluding hydrogens is 211 g/mol. The second-order valence-electron chi connectivity index (χ2n) is 3.30. The topological polar surface area (TPSA) is 64.4 Å². The number of likely N-dealkylation sites (N-methyl/N-ethyl adjacent to an activating group) is 1. The van der Waals surface area contributed by atoms with Gasteiger partial charge in [-0.15, -0.1) is 0 Å². The van der Waals surface area contributed by atoms with E-state index in [1.165, 1.54) is 26.3 Å². The molecule has 1 aromatic rings. The molecule has 1 aromatic carbocycles. The average molecular weight is 226 g/mol. The summed E-state index contributed by atoms with van der Waals surface area (Å²) in [7, 11) is 2.90. The second kappa shape index (κ2) is 5.46. The van der Waals surface area contributed by atoms with Crippen molar-refractivity contribution in [1.82, 2.24) is 5.32 Å². The van der Waals surface area contributed by atoms with Crippen LogP contribution in [0.5, 0.6) is 5.75 Å². The molecule has 0 aromatic heterocycles. The van der Waals surface area contributed by atoms with Gasteiger partial charge in [0.1, 0.15) is 0 Å². The highest BCUT2D eigenvalue weighted by molar-refractivity contribution is 5.83. The highest BCUT2D eigenvalue weighted by atomic mass is 19.1. The largest absolute Gasteiger partial charge is 0.494 e. The number of nitrogens with two attached hydrogens (primary N) is 1. The van der Waals surface area contributed by atoms with E-state index >= 15 is 0 Å². The molecule has 88 valence electrons. The maximum atomic E-state index is 13.4. The smallest absolute Gasteiger partial charge is 0.228 e. The van der Waals surface area contributed by atoms with Gasteiger partial charge in [0.05, 0.1) is 13.0 Å². The number of methoxy groups -OCH3 is 1. The maximum Gasteiger partial charge on any atom is 0.228 e. The summed E-state index contributed by atoms with van der Waals surface area (Å²) in [6.07, 6.45) is 0. The molecule has 0 aliphatic rings. The number of ether oxygens (including phenoxy) is 1. The number of hydrogen-bond donors (Lipinski definition) is 2. The van der Waals surface area contributed by atoms with E-state index in [1.54, 1.807) is 6.07 Å².